The molecule has 4 heteroatoms. The van der Waals surface area contributed by atoms with Crippen molar-refractivity contribution < 1.29 is 17.4 Å². The molecular weight excluding hydrogens is 959 g/mol. The van der Waals surface area contributed by atoms with Gasteiger partial charge >= 0.3 is 406 Å². The van der Waals surface area contributed by atoms with Crippen LogP contribution in [0.4, 0.5) is 0 Å². The Hall–Kier alpha value is -1.96. The monoisotopic (exact) mass is 1040 g/mol. The Morgan fingerprint density at radius 3 is 1.13 bits per heavy atom. The van der Waals surface area contributed by atoms with Crippen molar-refractivity contribution in [2.45, 2.75) is 159 Å². The molecule has 4 aromatic rings. The van der Waals surface area contributed by atoms with Crippen molar-refractivity contribution in [3.05, 3.63) is 129 Å². The van der Waals surface area contributed by atoms with Crippen LogP contribution in [0, 0.1) is 59.2 Å². The zero-order chi connectivity index (χ0) is 45.5. The second kappa shape index (κ2) is 17.9. The van der Waals surface area contributed by atoms with E-state index in [-0.39, 0.29) is 35.6 Å². The third kappa shape index (κ3) is 8.31. The van der Waals surface area contributed by atoms with Gasteiger partial charge in [0.05, 0.1) is 0 Å². The molecule has 8 fully saturated rings. The van der Waals surface area contributed by atoms with Gasteiger partial charge in [-0.3, -0.25) is 0 Å². The smallest absolute Gasteiger partial charge is 0.147 e. The van der Waals surface area contributed by atoms with Gasteiger partial charge in [-0.05, 0) is 0 Å². The Morgan fingerprint density at radius 2 is 0.824 bits per heavy atom. The molecule has 10 aliphatic carbocycles. The molecule has 2 unspecified atom stereocenters. The van der Waals surface area contributed by atoms with Crippen molar-refractivity contribution in [1.82, 2.24) is 0 Å². The topological polar surface area (TPSA) is 0 Å². The maximum Gasteiger partial charge on any atom is -0.147 e. The minimum Gasteiger partial charge on any atom is -0.147 e. The fraction of sp³-hybridized carbons (Fsp3) is 0.562. The summed E-state index contributed by atoms with van der Waals surface area (Å²) >= 11 is -4.10. The molecule has 0 N–H and O–H groups in total. The van der Waals surface area contributed by atoms with Gasteiger partial charge < -0.3 is 0 Å². The Morgan fingerprint density at radius 1 is 0.485 bits per heavy atom. The molecule has 0 saturated heterocycles. The predicted molar refractivity (Wildman–Crippen MR) is 297 cm³/mol. The van der Waals surface area contributed by atoms with E-state index < -0.39 is 17.4 Å². The summed E-state index contributed by atoms with van der Waals surface area (Å²) in [7, 11) is 0. The Bertz CT molecular complexity index is 2450. The van der Waals surface area contributed by atoms with Crippen molar-refractivity contribution in [3.63, 3.8) is 0 Å². The first-order valence-electron chi connectivity index (χ1n) is 27.5. The Balaban J connectivity index is 0.00000269. The largest absolute Gasteiger partial charge is 0.147 e. The molecule has 0 spiro atoms. The summed E-state index contributed by atoms with van der Waals surface area (Å²) in [6, 6.07) is 34.8. The van der Waals surface area contributed by atoms with E-state index in [0.29, 0.717) is 7.25 Å². The van der Waals surface area contributed by atoms with Crippen LogP contribution in [0.25, 0.3) is 34.4 Å². The van der Waals surface area contributed by atoms with E-state index in [4.69, 9.17) is 0 Å². The van der Waals surface area contributed by atoms with Crippen LogP contribution in [0.3, 0.4) is 0 Å². The van der Waals surface area contributed by atoms with Crippen molar-refractivity contribution >= 4 is 43.8 Å². The normalized spacial score (nSPS) is 32.0. The quantitative estimate of drug-likeness (QED) is 0.139. The molecule has 4 aromatic carbocycles. The van der Waals surface area contributed by atoms with E-state index >= 15 is 0 Å². The third-order valence-electron chi connectivity index (χ3n) is 20.9. The van der Waals surface area contributed by atoms with Crippen LogP contribution >= 0.6 is 24.8 Å². The molecule has 0 aliphatic heterocycles. The molecule has 0 amide bonds. The number of fused-ring (bicyclic) bond motifs is 2. The van der Waals surface area contributed by atoms with Gasteiger partial charge in [0.25, 0.3) is 0 Å². The average molecular weight is 1040 g/mol. The SMILES string of the molecule is CC[CH2][Zr]([CH3])(=[SiH2])([CH]1C(CC2C3CC4CC(C3)CC2C4)=Cc2c(-c3ccc(C(C)(C)C)cc3)cccc21)[CH]1C(CC2C3CC4CC(C3)CC2C4)=Cc2c(-c3ccc(C(C)(C)C)cc3)cccc21.Cl.Cl. The van der Waals surface area contributed by atoms with E-state index in [1.165, 1.54) is 108 Å². The van der Waals surface area contributed by atoms with Gasteiger partial charge in [0.2, 0.25) is 0 Å². The van der Waals surface area contributed by atoms with E-state index in [1.807, 2.05) is 11.1 Å². The van der Waals surface area contributed by atoms with Gasteiger partial charge in [0.1, 0.15) is 0 Å². The average Bonchev–Trinajstić information content (AvgIpc) is 3.85. The molecule has 0 radical (unpaired) electrons. The number of hydrogen-bond acceptors (Lipinski definition) is 0. The van der Waals surface area contributed by atoms with Gasteiger partial charge in [-0.1, -0.05) is 0 Å². The van der Waals surface area contributed by atoms with Crippen LogP contribution < -0.4 is 0 Å². The summed E-state index contributed by atoms with van der Waals surface area (Å²) in [4.78, 5) is 0. The van der Waals surface area contributed by atoms with Crippen molar-refractivity contribution in [2.24, 2.45) is 59.2 Å². The number of halogens is 2. The maximum absolute atomic E-state index is 4.10. The predicted octanol–water partition coefficient (Wildman–Crippen LogP) is 18.1. The minimum absolute atomic E-state index is 0. The van der Waals surface area contributed by atoms with Crippen LogP contribution in [0.5, 0.6) is 0 Å². The molecule has 362 valence electrons. The molecular formula is C64H84Cl2SiZr. The van der Waals surface area contributed by atoms with Crippen LogP contribution in [0.15, 0.2) is 96.1 Å². The van der Waals surface area contributed by atoms with Crippen LogP contribution in [-0.4, -0.2) is 6.88 Å². The van der Waals surface area contributed by atoms with Crippen LogP contribution in [0.1, 0.15) is 173 Å². The van der Waals surface area contributed by atoms with E-state index in [0.717, 1.165) is 59.2 Å². The zero-order valence-electron chi connectivity index (χ0n) is 43.1. The molecule has 10 aliphatic rings. The standard InChI is InChI=1S/2C30H35.C3H7.CH3.2ClH.H2Si.Zr/c2*1-30(2,3)26-9-7-22(8-10-26)27-6-4-5-23-12-21(18-29(23)27)17-28-24-13-19-11-20(15-24)16-25(28)14-19;1-3-2;;;;;/h2*4-10,12,18-20,24-25,28H,11,13-17H2,1-3H3;1,3H2,2H3;1H3;2*1H;1H2;. The van der Waals surface area contributed by atoms with Crippen molar-refractivity contribution in [1.29, 1.82) is 0 Å². The van der Waals surface area contributed by atoms with Crippen molar-refractivity contribution in [2.75, 3.05) is 0 Å². The molecule has 14 rings (SSSR count). The molecule has 0 aromatic heterocycles. The first-order chi connectivity index (χ1) is 31.5. The molecule has 68 heavy (non-hydrogen) atoms. The fourth-order valence-corrected chi connectivity index (χ4v) is 44.4. The Labute approximate surface area is 427 Å². The summed E-state index contributed by atoms with van der Waals surface area (Å²) in [6.45, 7) is 19.4. The number of hydrogen-bond donors (Lipinski definition) is 0. The first-order valence-corrected chi connectivity index (χ1v) is 40.4. The fourth-order valence-electron chi connectivity index (χ4n) is 18.6. The molecule has 0 nitrogen and oxygen atoms in total. The molecule has 2 atom stereocenters. The summed E-state index contributed by atoms with van der Waals surface area (Å²) in [5, 5.41) is 0. The Kier molecular flexibility index (Phi) is 13.1. The summed E-state index contributed by atoms with van der Waals surface area (Å²) in [6.07, 6.45) is 25.0. The van der Waals surface area contributed by atoms with Gasteiger partial charge in [-0.2, -0.15) is 0 Å². The van der Waals surface area contributed by atoms with Crippen molar-refractivity contribution in [3.8, 4) is 22.3 Å². The van der Waals surface area contributed by atoms with Gasteiger partial charge in [0.15, 0.2) is 0 Å². The number of allylic oxidation sites excluding steroid dienone is 2. The summed E-state index contributed by atoms with van der Waals surface area (Å²) in [5.41, 5.74) is 19.3. The molecule has 0 heterocycles. The second-order valence-corrected chi connectivity index (χ2v) is 55.9. The minimum atomic E-state index is -4.10. The van der Waals surface area contributed by atoms with Gasteiger partial charge in [0, 0.05) is 0 Å². The molecule has 8 saturated carbocycles. The zero-order valence-corrected chi connectivity index (χ0v) is 48.6. The van der Waals surface area contributed by atoms with Gasteiger partial charge in [-0.25, -0.2) is 0 Å². The van der Waals surface area contributed by atoms with E-state index in [9.17, 15) is 0 Å². The third-order valence-corrected chi connectivity index (χ3v) is 44.4. The number of rotatable bonds is 10. The van der Waals surface area contributed by atoms with E-state index in [1.54, 1.807) is 35.1 Å². The summed E-state index contributed by atoms with van der Waals surface area (Å²) < 4.78 is 5.66. The van der Waals surface area contributed by atoms with Gasteiger partial charge in [-0.15, -0.1) is 24.8 Å². The summed E-state index contributed by atoms with van der Waals surface area (Å²) in [5.74, 6) is 9.63. The second-order valence-electron chi connectivity index (χ2n) is 27.4. The van der Waals surface area contributed by atoms with Crippen LogP contribution in [0.2, 0.25) is 8.76 Å². The van der Waals surface area contributed by atoms with Crippen LogP contribution in [-0.2, 0) is 28.2 Å². The number of benzene rings is 4. The maximum atomic E-state index is 3.06. The first kappa shape index (κ1) is 49.6. The van der Waals surface area contributed by atoms with E-state index in [2.05, 4.69) is 157 Å². The molecule has 8 bridgehead atoms.